The van der Waals surface area contributed by atoms with Gasteiger partial charge < -0.3 is 9.30 Å². The quantitative estimate of drug-likeness (QED) is 0.712. The second-order valence-corrected chi connectivity index (χ2v) is 4.65. The Kier molecular flexibility index (Phi) is 3.63. The van der Waals surface area contributed by atoms with Crippen LogP contribution in [0.1, 0.15) is 19.2 Å². The molecule has 0 bridgehead atoms. The standard InChI is InChI=1S/C16H17N3O/c1-2-11-20-15-6-3-5-14-13(15)7-10-19(14)12-16-17-8-4-9-18-16/h3-10H,2,11-12H2,1H3. The first-order valence-corrected chi connectivity index (χ1v) is 6.85. The minimum atomic E-state index is 0.668. The summed E-state index contributed by atoms with van der Waals surface area (Å²) < 4.78 is 7.93. The van der Waals surface area contributed by atoms with Gasteiger partial charge in [0.05, 0.1) is 18.7 Å². The van der Waals surface area contributed by atoms with Crippen molar-refractivity contribution in [2.45, 2.75) is 19.9 Å². The molecular weight excluding hydrogens is 250 g/mol. The Bertz CT molecular complexity index is 691. The average molecular weight is 267 g/mol. The van der Waals surface area contributed by atoms with Crippen molar-refractivity contribution in [1.29, 1.82) is 0 Å². The van der Waals surface area contributed by atoms with Gasteiger partial charge in [-0.05, 0) is 30.7 Å². The first-order chi connectivity index (χ1) is 9.88. The van der Waals surface area contributed by atoms with E-state index in [1.165, 1.54) is 0 Å². The Morgan fingerprint density at radius 2 is 1.95 bits per heavy atom. The summed E-state index contributed by atoms with van der Waals surface area (Å²) >= 11 is 0. The number of hydrogen-bond acceptors (Lipinski definition) is 3. The highest BCUT2D eigenvalue weighted by molar-refractivity contribution is 5.86. The molecule has 20 heavy (non-hydrogen) atoms. The van der Waals surface area contributed by atoms with Gasteiger partial charge in [0, 0.05) is 24.0 Å². The number of nitrogens with zero attached hydrogens (tertiary/aromatic N) is 3. The van der Waals surface area contributed by atoms with E-state index in [-0.39, 0.29) is 0 Å². The maximum atomic E-state index is 5.79. The van der Waals surface area contributed by atoms with Crippen molar-refractivity contribution in [3.63, 3.8) is 0 Å². The maximum absolute atomic E-state index is 5.79. The largest absolute Gasteiger partial charge is 0.493 e. The normalized spacial score (nSPS) is 10.8. The molecule has 4 nitrogen and oxygen atoms in total. The first kappa shape index (κ1) is 12.7. The zero-order valence-corrected chi connectivity index (χ0v) is 11.5. The molecule has 0 amide bonds. The van der Waals surface area contributed by atoms with E-state index in [0.717, 1.165) is 35.5 Å². The lowest BCUT2D eigenvalue weighted by Gasteiger charge is -2.07. The van der Waals surface area contributed by atoms with Crippen molar-refractivity contribution in [2.24, 2.45) is 0 Å². The van der Waals surface area contributed by atoms with Crippen LogP contribution in [0.15, 0.2) is 48.9 Å². The molecule has 0 unspecified atom stereocenters. The van der Waals surface area contributed by atoms with Crippen LogP contribution in [0.2, 0.25) is 0 Å². The van der Waals surface area contributed by atoms with Crippen molar-refractivity contribution >= 4 is 10.9 Å². The van der Waals surface area contributed by atoms with Crippen LogP contribution in [-0.4, -0.2) is 21.1 Å². The van der Waals surface area contributed by atoms with Gasteiger partial charge in [-0.1, -0.05) is 13.0 Å². The van der Waals surface area contributed by atoms with E-state index in [1.807, 2.05) is 18.2 Å². The molecule has 0 radical (unpaired) electrons. The summed E-state index contributed by atoms with van der Waals surface area (Å²) in [5.74, 6) is 1.75. The van der Waals surface area contributed by atoms with E-state index < -0.39 is 0 Å². The summed E-state index contributed by atoms with van der Waals surface area (Å²) in [6, 6.07) is 10.0. The fourth-order valence-electron chi connectivity index (χ4n) is 2.23. The first-order valence-electron chi connectivity index (χ1n) is 6.85. The Hall–Kier alpha value is -2.36. The van der Waals surface area contributed by atoms with Gasteiger partial charge in [0.2, 0.25) is 0 Å². The summed E-state index contributed by atoms with van der Waals surface area (Å²) in [5.41, 5.74) is 1.14. The van der Waals surface area contributed by atoms with Gasteiger partial charge in [-0.2, -0.15) is 0 Å². The third-order valence-electron chi connectivity index (χ3n) is 3.17. The smallest absolute Gasteiger partial charge is 0.147 e. The van der Waals surface area contributed by atoms with E-state index >= 15 is 0 Å². The Morgan fingerprint density at radius 1 is 1.10 bits per heavy atom. The van der Waals surface area contributed by atoms with Crippen LogP contribution in [0.3, 0.4) is 0 Å². The molecule has 3 rings (SSSR count). The predicted molar refractivity (Wildman–Crippen MR) is 78.9 cm³/mol. The van der Waals surface area contributed by atoms with Crippen LogP contribution < -0.4 is 4.74 Å². The molecular formula is C16H17N3O. The third kappa shape index (κ3) is 2.50. The monoisotopic (exact) mass is 267 g/mol. The van der Waals surface area contributed by atoms with Gasteiger partial charge in [0.15, 0.2) is 0 Å². The molecule has 4 heteroatoms. The van der Waals surface area contributed by atoms with Crippen molar-refractivity contribution in [3.05, 3.63) is 54.7 Å². The minimum Gasteiger partial charge on any atom is -0.493 e. The predicted octanol–water partition coefficient (Wildman–Crippen LogP) is 3.27. The van der Waals surface area contributed by atoms with Crippen LogP contribution in [0.25, 0.3) is 10.9 Å². The highest BCUT2D eigenvalue weighted by Crippen LogP contribution is 2.27. The summed E-state index contributed by atoms with van der Waals surface area (Å²) in [4.78, 5) is 8.54. The molecule has 2 heterocycles. The van der Waals surface area contributed by atoms with Crippen molar-refractivity contribution in [2.75, 3.05) is 6.61 Å². The molecule has 0 atom stereocenters. The van der Waals surface area contributed by atoms with Gasteiger partial charge >= 0.3 is 0 Å². The lowest BCUT2D eigenvalue weighted by molar-refractivity contribution is 0.321. The van der Waals surface area contributed by atoms with Gasteiger partial charge in [-0.3, -0.25) is 0 Å². The molecule has 0 aliphatic heterocycles. The van der Waals surface area contributed by atoms with E-state index in [2.05, 4.69) is 39.8 Å². The van der Waals surface area contributed by atoms with Gasteiger partial charge in [-0.25, -0.2) is 9.97 Å². The molecule has 0 aliphatic rings. The molecule has 0 aliphatic carbocycles. The lowest BCUT2D eigenvalue weighted by Crippen LogP contribution is -2.02. The number of benzene rings is 1. The molecule has 1 aromatic carbocycles. The van der Waals surface area contributed by atoms with E-state index in [4.69, 9.17) is 4.74 Å². The summed E-state index contributed by atoms with van der Waals surface area (Å²) in [7, 11) is 0. The molecule has 0 saturated heterocycles. The van der Waals surface area contributed by atoms with Crippen LogP contribution in [-0.2, 0) is 6.54 Å². The summed E-state index contributed by atoms with van der Waals surface area (Å²) in [5, 5.41) is 1.14. The molecule has 3 aromatic rings. The number of rotatable bonds is 5. The highest BCUT2D eigenvalue weighted by Gasteiger charge is 2.07. The van der Waals surface area contributed by atoms with Crippen LogP contribution in [0, 0.1) is 0 Å². The third-order valence-corrected chi connectivity index (χ3v) is 3.17. The van der Waals surface area contributed by atoms with Gasteiger partial charge in [-0.15, -0.1) is 0 Å². The second-order valence-electron chi connectivity index (χ2n) is 4.65. The number of ether oxygens (including phenoxy) is 1. The van der Waals surface area contributed by atoms with Crippen molar-refractivity contribution < 1.29 is 4.74 Å². The van der Waals surface area contributed by atoms with Crippen LogP contribution >= 0.6 is 0 Å². The number of hydrogen-bond donors (Lipinski definition) is 0. The van der Waals surface area contributed by atoms with E-state index in [9.17, 15) is 0 Å². The highest BCUT2D eigenvalue weighted by atomic mass is 16.5. The molecule has 0 saturated carbocycles. The Balaban J connectivity index is 1.93. The van der Waals surface area contributed by atoms with Gasteiger partial charge in [0.1, 0.15) is 11.6 Å². The molecule has 2 aromatic heterocycles. The molecule has 0 N–H and O–H groups in total. The van der Waals surface area contributed by atoms with E-state index in [0.29, 0.717) is 6.54 Å². The Morgan fingerprint density at radius 3 is 2.75 bits per heavy atom. The van der Waals surface area contributed by atoms with Gasteiger partial charge in [0.25, 0.3) is 0 Å². The summed E-state index contributed by atoms with van der Waals surface area (Å²) in [6.45, 7) is 3.52. The zero-order valence-electron chi connectivity index (χ0n) is 11.5. The fourth-order valence-corrected chi connectivity index (χ4v) is 2.23. The van der Waals surface area contributed by atoms with Crippen LogP contribution in [0.5, 0.6) is 5.75 Å². The fraction of sp³-hybridized carbons (Fsp3) is 0.250. The van der Waals surface area contributed by atoms with Crippen molar-refractivity contribution in [3.8, 4) is 5.75 Å². The lowest BCUT2D eigenvalue weighted by atomic mass is 10.2. The molecule has 0 spiro atoms. The molecule has 102 valence electrons. The van der Waals surface area contributed by atoms with Crippen molar-refractivity contribution in [1.82, 2.24) is 14.5 Å². The molecule has 0 fully saturated rings. The Labute approximate surface area is 118 Å². The number of fused-ring (bicyclic) bond motifs is 1. The minimum absolute atomic E-state index is 0.668. The average Bonchev–Trinajstić information content (AvgIpc) is 2.90. The maximum Gasteiger partial charge on any atom is 0.147 e. The SMILES string of the molecule is CCCOc1cccc2c1ccn2Cc1ncccn1. The second kappa shape index (κ2) is 5.74. The topological polar surface area (TPSA) is 39.9 Å². The number of aromatic nitrogens is 3. The summed E-state index contributed by atoms with van der Waals surface area (Å²) in [6.07, 6.45) is 6.60. The zero-order chi connectivity index (χ0) is 13.8. The van der Waals surface area contributed by atoms with E-state index in [1.54, 1.807) is 12.4 Å². The van der Waals surface area contributed by atoms with Crippen LogP contribution in [0.4, 0.5) is 0 Å².